The number of anilines is 3. The standard InChI is InChI=1S/C21H15N7O5/c29-21(15-9-3-4-11-17(15)27(30)31)26-25-20-18(28(32)33)19(22-12-23-20)24-16-10-5-7-13-6-1-2-8-14(13)16/h1-12H,(H,26,29)(H2,22,23,24,25). The van der Waals surface area contributed by atoms with Crippen molar-refractivity contribution in [3.8, 4) is 0 Å². The van der Waals surface area contributed by atoms with E-state index in [-0.39, 0.29) is 17.2 Å². The summed E-state index contributed by atoms with van der Waals surface area (Å²) in [6.45, 7) is 0. The predicted octanol–water partition coefficient (Wildman–Crippen LogP) is 3.95. The average molecular weight is 445 g/mol. The lowest BCUT2D eigenvalue weighted by atomic mass is 10.1. The van der Waals surface area contributed by atoms with Crippen molar-refractivity contribution in [2.45, 2.75) is 0 Å². The minimum atomic E-state index is -0.862. The van der Waals surface area contributed by atoms with Gasteiger partial charge in [-0.1, -0.05) is 48.5 Å². The van der Waals surface area contributed by atoms with Gasteiger partial charge in [-0.25, -0.2) is 9.97 Å². The van der Waals surface area contributed by atoms with E-state index in [0.717, 1.165) is 17.1 Å². The van der Waals surface area contributed by atoms with Crippen molar-refractivity contribution in [2.75, 3.05) is 10.7 Å². The Kier molecular flexibility index (Phi) is 5.72. The molecular weight excluding hydrogens is 430 g/mol. The van der Waals surface area contributed by atoms with Crippen molar-refractivity contribution >= 4 is 45.4 Å². The van der Waals surface area contributed by atoms with E-state index in [1.807, 2.05) is 30.3 Å². The number of carbonyl (C=O) groups is 1. The molecule has 164 valence electrons. The number of rotatable bonds is 7. The average Bonchev–Trinajstić information content (AvgIpc) is 2.82. The van der Waals surface area contributed by atoms with Crippen LogP contribution in [0.1, 0.15) is 10.4 Å². The molecule has 0 aliphatic heterocycles. The Morgan fingerprint density at radius 2 is 1.52 bits per heavy atom. The monoisotopic (exact) mass is 445 g/mol. The maximum Gasteiger partial charge on any atom is 0.355 e. The SMILES string of the molecule is O=C(NNc1ncnc(Nc2cccc3ccccc23)c1[N+](=O)[O-])c1ccccc1[N+](=O)[O-]. The fourth-order valence-corrected chi connectivity index (χ4v) is 3.20. The minimum Gasteiger partial charge on any atom is -0.334 e. The van der Waals surface area contributed by atoms with E-state index >= 15 is 0 Å². The number of amides is 1. The molecule has 0 spiro atoms. The Balaban J connectivity index is 1.63. The Hall–Kier alpha value is -5.13. The first-order valence-electron chi connectivity index (χ1n) is 9.49. The Bertz CT molecular complexity index is 1390. The number of para-hydroxylation sites is 1. The largest absolute Gasteiger partial charge is 0.355 e. The number of nitrogens with one attached hydrogen (secondary N) is 3. The van der Waals surface area contributed by atoms with Gasteiger partial charge in [0.15, 0.2) is 0 Å². The van der Waals surface area contributed by atoms with Crippen LogP contribution in [0.3, 0.4) is 0 Å². The number of carbonyl (C=O) groups excluding carboxylic acids is 1. The summed E-state index contributed by atoms with van der Waals surface area (Å²) in [6.07, 6.45) is 1.08. The highest BCUT2D eigenvalue weighted by molar-refractivity contribution is 5.99. The van der Waals surface area contributed by atoms with Crippen LogP contribution in [-0.2, 0) is 0 Å². The van der Waals surface area contributed by atoms with Crippen molar-refractivity contribution in [2.24, 2.45) is 0 Å². The molecule has 0 saturated carbocycles. The first kappa shape index (κ1) is 21.1. The maximum atomic E-state index is 12.4. The lowest BCUT2D eigenvalue weighted by Gasteiger charge is -2.12. The molecule has 3 aromatic carbocycles. The van der Waals surface area contributed by atoms with E-state index in [9.17, 15) is 25.0 Å². The van der Waals surface area contributed by atoms with Gasteiger partial charge in [0.1, 0.15) is 11.9 Å². The van der Waals surface area contributed by atoms with Crippen molar-refractivity contribution < 1.29 is 14.6 Å². The van der Waals surface area contributed by atoms with Crippen molar-refractivity contribution in [1.29, 1.82) is 0 Å². The number of hydrazine groups is 1. The summed E-state index contributed by atoms with van der Waals surface area (Å²) in [4.78, 5) is 41.8. The highest BCUT2D eigenvalue weighted by Crippen LogP contribution is 2.33. The molecule has 4 rings (SSSR count). The van der Waals surface area contributed by atoms with Crippen LogP contribution >= 0.6 is 0 Å². The highest BCUT2D eigenvalue weighted by atomic mass is 16.6. The summed E-state index contributed by atoms with van der Waals surface area (Å²) >= 11 is 0. The summed E-state index contributed by atoms with van der Waals surface area (Å²) in [7, 11) is 0. The molecule has 1 heterocycles. The Labute approximate surface area is 185 Å². The predicted molar refractivity (Wildman–Crippen MR) is 120 cm³/mol. The number of nitro benzene ring substituents is 1. The van der Waals surface area contributed by atoms with Crippen LogP contribution in [0.2, 0.25) is 0 Å². The molecular formula is C21H15N7O5. The fourth-order valence-electron chi connectivity index (χ4n) is 3.20. The number of nitrogens with zero attached hydrogens (tertiary/aromatic N) is 4. The van der Waals surface area contributed by atoms with E-state index in [2.05, 4.69) is 26.1 Å². The van der Waals surface area contributed by atoms with Crippen LogP contribution in [0, 0.1) is 20.2 Å². The van der Waals surface area contributed by atoms with E-state index < -0.39 is 27.1 Å². The quantitative estimate of drug-likeness (QED) is 0.282. The molecule has 0 saturated heterocycles. The smallest absolute Gasteiger partial charge is 0.334 e. The van der Waals surface area contributed by atoms with E-state index in [4.69, 9.17) is 0 Å². The van der Waals surface area contributed by atoms with Crippen molar-refractivity contribution in [3.05, 3.63) is 98.8 Å². The molecule has 12 heteroatoms. The molecule has 0 unspecified atom stereocenters. The third kappa shape index (κ3) is 4.34. The zero-order valence-electron chi connectivity index (χ0n) is 16.8. The summed E-state index contributed by atoms with van der Waals surface area (Å²) < 4.78 is 0. The normalized spacial score (nSPS) is 10.4. The molecule has 0 aliphatic rings. The van der Waals surface area contributed by atoms with Crippen molar-refractivity contribution in [1.82, 2.24) is 15.4 Å². The number of nitro groups is 2. The van der Waals surface area contributed by atoms with Gasteiger partial charge in [0.2, 0.25) is 11.6 Å². The van der Waals surface area contributed by atoms with Gasteiger partial charge in [-0.05, 0) is 17.5 Å². The van der Waals surface area contributed by atoms with Crippen LogP contribution in [0.25, 0.3) is 10.8 Å². The lowest BCUT2D eigenvalue weighted by molar-refractivity contribution is -0.385. The first-order chi connectivity index (χ1) is 16.0. The second-order valence-corrected chi connectivity index (χ2v) is 6.68. The zero-order valence-corrected chi connectivity index (χ0v) is 16.8. The lowest BCUT2D eigenvalue weighted by Crippen LogP contribution is -2.30. The molecule has 0 bridgehead atoms. The molecule has 3 N–H and O–H groups in total. The third-order valence-electron chi connectivity index (χ3n) is 4.69. The summed E-state index contributed by atoms with van der Waals surface area (Å²) in [5.41, 5.74) is 4.01. The Morgan fingerprint density at radius 3 is 2.30 bits per heavy atom. The molecule has 1 aromatic heterocycles. The molecule has 12 nitrogen and oxygen atoms in total. The van der Waals surface area contributed by atoms with Crippen LogP contribution in [0.15, 0.2) is 73.1 Å². The van der Waals surface area contributed by atoms with Crippen LogP contribution in [0.5, 0.6) is 0 Å². The molecule has 33 heavy (non-hydrogen) atoms. The van der Waals surface area contributed by atoms with Crippen LogP contribution < -0.4 is 16.2 Å². The number of benzene rings is 3. The Morgan fingerprint density at radius 1 is 0.818 bits per heavy atom. The van der Waals surface area contributed by atoms with Crippen LogP contribution in [0.4, 0.5) is 28.7 Å². The van der Waals surface area contributed by atoms with Gasteiger partial charge in [0.25, 0.3) is 11.6 Å². The van der Waals surface area contributed by atoms with Crippen LogP contribution in [-0.4, -0.2) is 25.7 Å². The third-order valence-corrected chi connectivity index (χ3v) is 4.69. The highest BCUT2D eigenvalue weighted by Gasteiger charge is 2.25. The first-order valence-corrected chi connectivity index (χ1v) is 9.49. The van der Waals surface area contributed by atoms with Gasteiger partial charge in [0, 0.05) is 17.1 Å². The second kappa shape index (κ2) is 8.93. The molecule has 0 atom stereocenters. The maximum absolute atomic E-state index is 12.4. The topological polar surface area (TPSA) is 165 Å². The summed E-state index contributed by atoms with van der Waals surface area (Å²) in [5.74, 6) is -1.27. The number of hydrogen-bond acceptors (Lipinski definition) is 9. The number of aromatic nitrogens is 2. The fraction of sp³-hybridized carbons (Fsp3) is 0. The molecule has 0 aliphatic carbocycles. The van der Waals surface area contributed by atoms with Gasteiger partial charge in [-0.3, -0.25) is 35.9 Å². The van der Waals surface area contributed by atoms with Crippen molar-refractivity contribution in [3.63, 3.8) is 0 Å². The van der Waals surface area contributed by atoms with Gasteiger partial charge < -0.3 is 5.32 Å². The van der Waals surface area contributed by atoms with Gasteiger partial charge in [0.05, 0.1) is 9.85 Å². The zero-order chi connectivity index (χ0) is 23.4. The van der Waals surface area contributed by atoms with E-state index in [1.54, 1.807) is 12.1 Å². The summed E-state index contributed by atoms with van der Waals surface area (Å²) in [6, 6.07) is 18.2. The van der Waals surface area contributed by atoms with Gasteiger partial charge >= 0.3 is 5.69 Å². The number of hydrogen-bond donors (Lipinski definition) is 3. The summed E-state index contributed by atoms with van der Waals surface area (Å²) in [5, 5.41) is 27.6. The molecule has 0 radical (unpaired) electrons. The molecule has 1 amide bonds. The van der Waals surface area contributed by atoms with Gasteiger partial charge in [-0.15, -0.1) is 0 Å². The molecule has 0 fully saturated rings. The minimum absolute atomic E-state index is 0.103. The number of fused-ring (bicyclic) bond motifs is 1. The van der Waals surface area contributed by atoms with E-state index in [0.29, 0.717) is 5.69 Å². The van der Waals surface area contributed by atoms with E-state index in [1.165, 1.54) is 24.3 Å². The molecule has 4 aromatic rings. The van der Waals surface area contributed by atoms with Gasteiger partial charge in [-0.2, -0.15) is 0 Å². The second-order valence-electron chi connectivity index (χ2n) is 6.68.